The highest BCUT2D eigenvalue weighted by Crippen LogP contribution is 2.27. The van der Waals surface area contributed by atoms with Crippen LogP contribution in [0.15, 0.2) is 60.2 Å². The van der Waals surface area contributed by atoms with Gasteiger partial charge in [0.2, 0.25) is 5.91 Å². The van der Waals surface area contributed by atoms with Crippen molar-refractivity contribution in [3.05, 3.63) is 75.8 Å². The molecule has 0 saturated carbocycles. The molecule has 0 aliphatic carbocycles. The molecule has 0 bridgehead atoms. The van der Waals surface area contributed by atoms with Crippen LogP contribution in [0.25, 0.3) is 6.08 Å². The molecule has 1 aliphatic heterocycles. The van der Waals surface area contributed by atoms with E-state index < -0.39 is 4.92 Å². The summed E-state index contributed by atoms with van der Waals surface area (Å²) in [6.45, 7) is 0. The Balaban J connectivity index is 1.88. The molecule has 2 aromatic carbocycles. The van der Waals surface area contributed by atoms with Crippen molar-refractivity contribution in [2.24, 2.45) is 0 Å². The summed E-state index contributed by atoms with van der Waals surface area (Å²) in [5.74, 6) is -0.645. The number of nitro groups is 1. The van der Waals surface area contributed by atoms with Crippen LogP contribution in [0.5, 0.6) is 0 Å². The van der Waals surface area contributed by atoms with Crippen LogP contribution in [0.4, 0.5) is 11.4 Å². The van der Waals surface area contributed by atoms with E-state index in [1.54, 1.807) is 42.5 Å². The van der Waals surface area contributed by atoms with Gasteiger partial charge in [0, 0.05) is 17.7 Å². The molecular weight excluding hydrogens is 296 g/mol. The fraction of sp³-hybridized carbons (Fsp3) is 0.0588. The van der Waals surface area contributed by atoms with E-state index in [-0.39, 0.29) is 23.9 Å². The quantitative estimate of drug-likeness (QED) is 0.378. The van der Waals surface area contributed by atoms with Crippen LogP contribution in [0.2, 0.25) is 0 Å². The van der Waals surface area contributed by atoms with Gasteiger partial charge in [0.15, 0.2) is 0 Å². The molecule has 1 saturated heterocycles. The minimum Gasteiger partial charge on any atom is -0.274 e. The molecule has 2 amide bonds. The van der Waals surface area contributed by atoms with Gasteiger partial charge in [0.05, 0.1) is 17.0 Å². The maximum absolute atomic E-state index is 12.4. The lowest BCUT2D eigenvalue weighted by molar-refractivity contribution is -0.384. The lowest BCUT2D eigenvalue weighted by Crippen LogP contribution is -2.28. The number of para-hydroxylation sites is 1. The molecule has 1 heterocycles. The number of hydrogen-bond donors (Lipinski definition) is 0. The minimum atomic E-state index is -0.488. The average Bonchev–Trinajstić information content (AvgIpc) is 2.82. The lowest BCUT2D eigenvalue weighted by Gasteiger charge is -2.12. The number of nitrogens with zero attached hydrogens (tertiary/aromatic N) is 2. The highest BCUT2D eigenvalue weighted by Gasteiger charge is 2.34. The number of carbonyl (C=O) groups is 2. The molecule has 2 aromatic rings. The summed E-state index contributed by atoms with van der Waals surface area (Å²) < 4.78 is 0. The average molecular weight is 308 g/mol. The first-order valence-electron chi connectivity index (χ1n) is 6.93. The van der Waals surface area contributed by atoms with E-state index in [2.05, 4.69) is 0 Å². The largest absolute Gasteiger partial charge is 0.274 e. The van der Waals surface area contributed by atoms with Gasteiger partial charge in [-0.2, -0.15) is 0 Å². The lowest BCUT2D eigenvalue weighted by atomic mass is 10.1. The number of anilines is 1. The van der Waals surface area contributed by atoms with Crippen LogP contribution in [0.1, 0.15) is 12.0 Å². The number of hydrogen-bond acceptors (Lipinski definition) is 4. The van der Waals surface area contributed by atoms with Crippen molar-refractivity contribution in [3.8, 4) is 0 Å². The molecule has 6 nitrogen and oxygen atoms in total. The van der Waals surface area contributed by atoms with E-state index in [0.717, 1.165) is 4.90 Å². The van der Waals surface area contributed by atoms with Gasteiger partial charge in [-0.1, -0.05) is 18.2 Å². The van der Waals surface area contributed by atoms with Crippen LogP contribution in [0, 0.1) is 10.1 Å². The number of amides is 2. The third-order valence-electron chi connectivity index (χ3n) is 3.53. The third-order valence-corrected chi connectivity index (χ3v) is 3.53. The van der Waals surface area contributed by atoms with Crippen LogP contribution in [-0.4, -0.2) is 16.7 Å². The van der Waals surface area contributed by atoms with Crippen molar-refractivity contribution < 1.29 is 14.5 Å². The minimum absolute atomic E-state index is 0.0186. The summed E-state index contributed by atoms with van der Waals surface area (Å²) in [7, 11) is 0. The second-order valence-electron chi connectivity index (χ2n) is 5.06. The molecule has 23 heavy (non-hydrogen) atoms. The van der Waals surface area contributed by atoms with Gasteiger partial charge < -0.3 is 0 Å². The molecule has 3 rings (SSSR count). The highest BCUT2D eigenvalue weighted by atomic mass is 16.6. The summed E-state index contributed by atoms with van der Waals surface area (Å²) in [4.78, 5) is 35.8. The van der Waals surface area contributed by atoms with Crippen molar-refractivity contribution in [3.63, 3.8) is 0 Å². The van der Waals surface area contributed by atoms with Gasteiger partial charge in [0.1, 0.15) is 0 Å². The van der Waals surface area contributed by atoms with Crippen molar-refractivity contribution >= 4 is 29.3 Å². The molecule has 0 spiro atoms. The Morgan fingerprint density at radius 2 is 1.65 bits per heavy atom. The number of non-ortho nitro benzene ring substituents is 1. The first kappa shape index (κ1) is 14.6. The summed E-state index contributed by atoms with van der Waals surface area (Å²) in [5, 5.41) is 10.6. The van der Waals surface area contributed by atoms with Gasteiger partial charge in [-0.05, 0) is 35.9 Å². The predicted octanol–water partition coefficient (Wildman–Crippen LogP) is 2.94. The maximum Gasteiger partial charge on any atom is 0.269 e. The maximum atomic E-state index is 12.4. The fourth-order valence-electron chi connectivity index (χ4n) is 2.42. The van der Waals surface area contributed by atoms with Gasteiger partial charge >= 0.3 is 0 Å². The Kier molecular flexibility index (Phi) is 3.72. The normalized spacial score (nSPS) is 16.2. The van der Waals surface area contributed by atoms with Gasteiger partial charge in [-0.25, -0.2) is 4.90 Å². The summed E-state index contributed by atoms with van der Waals surface area (Å²) in [6.07, 6.45) is 1.61. The standard InChI is InChI=1S/C17H12N2O4/c20-16-11-13(10-12-6-8-15(9-7-12)19(22)23)17(21)18(16)14-4-2-1-3-5-14/h1-10H,11H2/b13-10+. The number of nitro benzene ring substituents is 1. The second-order valence-corrected chi connectivity index (χ2v) is 5.06. The zero-order valence-corrected chi connectivity index (χ0v) is 12.0. The van der Waals surface area contributed by atoms with Crippen LogP contribution in [0.3, 0.4) is 0 Å². The molecule has 0 radical (unpaired) electrons. The molecular formula is C17H12N2O4. The predicted molar refractivity (Wildman–Crippen MR) is 84.6 cm³/mol. The van der Waals surface area contributed by atoms with E-state index in [1.807, 2.05) is 6.07 Å². The fourth-order valence-corrected chi connectivity index (χ4v) is 2.42. The van der Waals surface area contributed by atoms with Crippen molar-refractivity contribution in [2.45, 2.75) is 6.42 Å². The number of benzene rings is 2. The molecule has 0 atom stereocenters. The van der Waals surface area contributed by atoms with E-state index in [0.29, 0.717) is 16.8 Å². The Bertz CT molecular complexity index is 810. The zero-order chi connectivity index (χ0) is 16.4. The number of rotatable bonds is 3. The SMILES string of the molecule is O=C1C/C(=C\c2ccc([N+](=O)[O-])cc2)C(=O)N1c1ccccc1. The zero-order valence-electron chi connectivity index (χ0n) is 12.0. The van der Waals surface area contributed by atoms with Gasteiger partial charge in [-0.3, -0.25) is 19.7 Å². The summed E-state index contributed by atoms with van der Waals surface area (Å²) >= 11 is 0. The van der Waals surface area contributed by atoms with Crippen LogP contribution >= 0.6 is 0 Å². The molecule has 114 valence electrons. The molecule has 1 fully saturated rings. The number of imide groups is 1. The molecule has 6 heteroatoms. The van der Waals surface area contributed by atoms with Crippen molar-refractivity contribution in [1.29, 1.82) is 0 Å². The smallest absolute Gasteiger partial charge is 0.269 e. The Morgan fingerprint density at radius 1 is 1.00 bits per heavy atom. The van der Waals surface area contributed by atoms with E-state index in [4.69, 9.17) is 0 Å². The monoisotopic (exact) mass is 308 g/mol. The molecule has 1 aliphatic rings. The van der Waals surface area contributed by atoms with E-state index in [9.17, 15) is 19.7 Å². The summed E-state index contributed by atoms with van der Waals surface area (Å²) in [5.41, 5.74) is 1.52. The third kappa shape index (κ3) is 2.87. The Labute approximate surface area is 131 Å². The first-order chi connectivity index (χ1) is 11.1. The Hall–Kier alpha value is -3.28. The van der Waals surface area contributed by atoms with Gasteiger partial charge in [0.25, 0.3) is 11.6 Å². The highest BCUT2D eigenvalue weighted by molar-refractivity contribution is 6.29. The van der Waals surface area contributed by atoms with Crippen molar-refractivity contribution in [1.82, 2.24) is 0 Å². The second kappa shape index (κ2) is 5.84. The van der Waals surface area contributed by atoms with E-state index in [1.165, 1.54) is 12.1 Å². The van der Waals surface area contributed by atoms with Crippen molar-refractivity contribution in [2.75, 3.05) is 4.90 Å². The molecule has 0 aromatic heterocycles. The number of carbonyl (C=O) groups excluding carboxylic acids is 2. The van der Waals surface area contributed by atoms with Crippen LogP contribution < -0.4 is 4.90 Å². The first-order valence-corrected chi connectivity index (χ1v) is 6.93. The van der Waals surface area contributed by atoms with Gasteiger partial charge in [-0.15, -0.1) is 0 Å². The Morgan fingerprint density at radius 3 is 2.26 bits per heavy atom. The molecule has 0 unspecified atom stereocenters. The van der Waals surface area contributed by atoms with Crippen LogP contribution in [-0.2, 0) is 9.59 Å². The summed E-state index contributed by atoms with van der Waals surface area (Å²) in [6, 6.07) is 14.5. The topological polar surface area (TPSA) is 80.5 Å². The van der Waals surface area contributed by atoms with E-state index >= 15 is 0 Å². The molecule has 0 N–H and O–H groups in total.